The van der Waals surface area contributed by atoms with Gasteiger partial charge in [0.1, 0.15) is 5.82 Å². The molecule has 0 aliphatic rings. The highest BCUT2D eigenvalue weighted by atomic mass is 19.1. The Labute approximate surface area is 85.5 Å². The smallest absolute Gasteiger partial charge is 0.123 e. The van der Waals surface area contributed by atoms with Crippen molar-refractivity contribution in [1.29, 1.82) is 0 Å². The standard InChI is InChI=1S/C13H17F/c1-4-5-6-10(2)13-8-7-12(14)9-11(13)3/h7-9H,2,4-6H2,1,3H3. The lowest BCUT2D eigenvalue weighted by molar-refractivity contribution is 0.626. The number of rotatable bonds is 4. The maximum atomic E-state index is 12.8. The van der Waals surface area contributed by atoms with Crippen LogP contribution in [0.4, 0.5) is 4.39 Å². The molecule has 0 saturated carbocycles. The van der Waals surface area contributed by atoms with Gasteiger partial charge in [-0.2, -0.15) is 0 Å². The van der Waals surface area contributed by atoms with Crippen molar-refractivity contribution in [3.05, 3.63) is 41.7 Å². The van der Waals surface area contributed by atoms with E-state index in [0.717, 1.165) is 29.5 Å². The summed E-state index contributed by atoms with van der Waals surface area (Å²) in [6.45, 7) is 8.11. The topological polar surface area (TPSA) is 0 Å². The molecule has 0 spiro atoms. The van der Waals surface area contributed by atoms with Crippen LogP contribution in [0.2, 0.25) is 0 Å². The first-order chi connectivity index (χ1) is 6.65. The van der Waals surface area contributed by atoms with Crippen LogP contribution in [-0.4, -0.2) is 0 Å². The van der Waals surface area contributed by atoms with Gasteiger partial charge in [-0.05, 0) is 48.6 Å². The second kappa shape index (κ2) is 4.94. The average Bonchev–Trinajstić information content (AvgIpc) is 2.14. The minimum Gasteiger partial charge on any atom is -0.207 e. The molecular weight excluding hydrogens is 175 g/mol. The fourth-order valence-electron chi connectivity index (χ4n) is 1.55. The van der Waals surface area contributed by atoms with Gasteiger partial charge in [-0.25, -0.2) is 4.39 Å². The number of hydrogen-bond acceptors (Lipinski definition) is 0. The van der Waals surface area contributed by atoms with Crippen molar-refractivity contribution in [2.24, 2.45) is 0 Å². The van der Waals surface area contributed by atoms with Crippen LogP contribution < -0.4 is 0 Å². The van der Waals surface area contributed by atoms with E-state index in [9.17, 15) is 4.39 Å². The normalized spacial score (nSPS) is 10.2. The predicted molar refractivity (Wildman–Crippen MR) is 59.7 cm³/mol. The highest BCUT2D eigenvalue weighted by Crippen LogP contribution is 2.22. The monoisotopic (exact) mass is 192 g/mol. The molecule has 76 valence electrons. The van der Waals surface area contributed by atoms with Crippen LogP contribution in [0, 0.1) is 12.7 Å². The van der Waals surface area contributed by atoms with E-state index < -0.39 is 0 Å². The molecule has 0 bridgehead atoms. The number of benzene rings is 1. The van der Waals surface area contributed by atoms with Crippen molar-refractivity contribution in [1.82, 2.24) is 0 Å². The Balaban J connectivity index is 2.80. The first-order valence-electron chi connectivity index (χ1n) is 5.09. The second-order valence-electron chi connectivity index (χ2n) is 3.67. The lowest BCUT2D eigenvalue weighted by Crippen LogP contribution is -1.89. The van der Waals surface area contributed by atoms with E-state index in [1.807, 2.05) is 13.0 Å². The Bertz CT molecular complexity index is 326. The molecule has 0 atom stereocenters. The van der Waals surface area contributed by atoms with Gasteiger partial charge in [0.05, 0.1) is 0 Å². The maximum absolute atomic E-state index is 12.8. The van der Waals surface area contributed by atoms with Crippen LogP contribution in [0.1, 0.15) is 37.3 Å². The van der Waals surface area contributed by atoms with Gasteiger partial charge >= 0.3 is 0 Å². The Morgan fingerprint density at radius 1 is 1.43 bits per heavy atom. The van der Waals surface area contributed by atoms with Crippen molar-refractivity contribution in [3.8, 4) is 0 Å². The van der Waals surface area contributed by atoms with E-state index >= 15 is 0 Å². The van der Waals surface area contributed by atoms with Gasteiger partial charge in [-0.15, -0.1) is 0 Å². The fourth-order valence-corrected chi connectivity index (χ4v) is 1.55. The molecule has 0 radical (unpaired) electrons. The average molecular weight is 192 g/mol. The first-order valence-corrected chi connectivity index (χ1v) is 5.09. The van der Waals surface area contributed by atoms with Crippen molar-refractivity contribution >= 4 is 5.57 Å². The predicted octanol–water partition coefficient (Wildman–Crippen LogP) is 4.34. The molecular formula is C13H17F. The quantitative estimate of drug-likeness (QED) is 0.665. The fraction of sp³-hybridized carbons (Fsp3) is 0.385. The third-order valence-electron chi connectivity index (χ3n) is 2.40. The summed E-state index contributed by atoms with van der Waals surface area (Å²) in [6, 6.07) is 4.88. The number of unbranched alkanes of at least 4 members (excludes halogenated alkanes) is 1. The third-order valence-corrected chi connectivity index (χ3v) is 2.40. The largest absolute Gasteiger partial charge is 0.207 e. The molecule has 0 saturated heterocycles. The second-order valence-corrected chi connectivity index (χ2v) is 3.67. The molecule has 0 aromatic heterocycles. The molecule has 1 aromatic carbocycles. The summed E-state index contributed by atoms with van der Waals surface area (Å²) in [6.07, 6.45) is 3.32. The van der Waals surface area contributed by atoms with Crippen LogP contribution in [-0.2, 0) is 0 Å². The third kappa shape index (κ3) is 2.69. The van der Waals surface area contributed by atoms with Gasteiger partial charge in [0, 0.05) is 0 Å². The van der Waals surface area contributed by atoms with Gasteiger partial charge in [0.15, 0.2) is 0 Å². The number of halogens is 1. The zero-order valence-corrected chi connectivity index (χ0v) is 8.94. The van der Waals surface area contributed by atoms with Crippen LogP contribution in [0.25, 0.3) is 5.57 Å². The molecule has 0 aliphatic carbocycles. The molecule has 0 N–H and O–H groups in total. The highest BCUT2D eigenvalue weighted by molar-refractivity contribution is 5.65. The van der Waals surface area contributed by atoms with Crippen molar-refractivity contribution in [3.63, 3.8) is 0 Å². The van der Waals surface area contributed by atoms with Crippen LogP contribution in [0.3, 0.4) is 0 Å². The number of aryl methyl sites for hydroxylation is 1. The SMILES string of the molecule is C=C(CCCC)c1ccc(F)cc1C. The summed E-state index contributed by atoms with van der Waals surface area (Å²) >= 11 is 0. The summed E-state index contributed by atoms with van der Waals surface area (Å²) in [4.78, 5) is 0. The van der Waals surface area contributed by atoms with E-state index in [0.29, 0.717) is 0 Å². The molecule has 0 unspecified atom stereocenters. The van der Waals surface area contributed by atoms with Crippen LogP contribution >= 0.6 is 0 Å². The Hall–Kier alpha value is -1.11. The summed E-state index contributed by atoms with van der Waals surface area (Å²) in [5.74, 6) is -0.172. The molecule has 1 rings (SSSR count). The van der Waals surface area contributed by atoms with Crippen LogP contribution in [0.5, 0.6) is 0 Å². The maximum Gasteiger partial charge on any atom is 0.123 e. The van der Waals surface area contributed by atoms with Gasteiger partial charge in [-0.1, -0.05) is 26.0 Å². The Morgan fingerprint density at radius 2 is 2.14 bits per heavy atom. The van der Waals surface area contributed by atoms with Gasteiger partial charge in [-0.3, -0.25) is 0 Å². The van der Waals surface area contributed by atoms with Gasteiger partial charge < -0.3 is 0 Å². The van der Waals surface area contributed by atoms with E-state index in [1.165, 1.54) is 12.5 Å². The molecule has 1 heteroatoms. The zero-order valence-electron chi connectivity index (χ0n) is 8.94. The highest BCUT2D eigenvalue weighted by Gasteiger charge is 2.03. The van der Waals surface area contributed by atoms with Crippen LogP contribution in [0.15, 0.2) is 24.8 Å². The summed E-state index contributed by atoms with van der Waals surface area (Å²) in [5, 5.41) is 0. The number of hydrogen-bond donors (Lipinski definition) is 0. The van der Waals surface area contributed by atoms with E-state index in [1.54, 1.807) is 6.07 Å². The number of allylic oxidation sites excluding steroid dienone is 1. The summed E-state index contributed by atoms with van der Waals surface area (Å²) < 4.78 is 12.8. The van der Waals surface area contributed by atoms with Gasteiger partial charge in [0.25, 0.3) is 0 Å². The van der Waals surface area contributed by atoms with Crippen molar-refractivity contribution in [2.75, 3.05) is 0 Å². The molecule has 0 heterocycles. The zero-order chi connectivity index (χ0) is 10.6. The van der Waals surface area contributed by atoms with Crippen molar-refractivity contribution in [2.45, 2.75) is 33.1 Å². The van der Waals surface area contributed by atoms with Crippen molar-refractivity contribution < 1.29 is 4.39 Å². The summed E-state index contributed by atoms with van der Waals surface area (Å²) in [7, 11) is 0. The molecule has 0 amide bonds. The molecule has 0 fully saturated rings. The van der Waals surface area contributed by atoms with Gasteiger partial charge in [0.2, 0.25) is 0 Å². The lowest BCUT2D eigenvalue weighted by atomic mass is 9.98. The molecule has 1 aromatic rings. The van der Waals surface area contributed by atoms with E-state index in [-0.39, 0.29) is 5.82 Å². The molecule has 0 nitrogen and oxygen atoms in total. The first kappa shape index (κ1) is 11.0. The minimum atomic E-state index is -0.172. The minimum absolute atomic E-state index is 0.172. The Morgan fingerprint density at radius 3 is 2.71 bits per heavy atom. The lowest BCUT2D eigenvalue weighted by Gasteiger charge is -2.08. The van der Waals surface area contributed by atoms with E-state index in [4.69, 9.17) is 0 Å². The molecule has 14 heavy (non-hydrogen) atoms. The van der Waals surface area contributed by atoms with E-state index in [2.05, 4.69) is 13.5 Å². The Kier molecular flexibility index (Phi) is 3.87. The summed E-state index contributed by atoms with van der Waals surface area (Å²) in [5.41, 5.74) is 3.19. The molecule has 0 aliphatic heterocycles.